The van der Waals surface area contributed by atoms with Gasteiger partial charge in [-0.05, 0) is 12.1 Å². The first-order chi connectivity index (χ1) is 10.7. The van der Waals surface area contributed by atoms with Crippen LogP contribution in [0.3, 0.4) is 0 Å². The summed E-state index contributed by atoms with van der Waals surface area (Å²) in [4.78, 5) is 32.3. The molecule has 3 rings (SSSR count). The molecule has 22 heavy (non-hydrogen) atoms. The van der Waals surface area contributed by atoms with Crippen molar-refractivity contribution in [3.05, 3.63) is 57.1 Å². The van der Waals surface area contributed by atoms with E-state index in [-0.39, 0.29) is 5.82 Å². The maximum atomic E-state index is 11.6. The molecule has 0 unspecified atom stereocenters. The van der Waals surface area contributed by atoms with Crippen LogP contribution in [0.5, 0.6) is 0 Å². The molecule has 0 bridgehead atoms. The Hall–Kier alpha value is -2.90. The van der Waals surface area contributed by atoms with Crippen LogP contribution < -0.4 is 15.4 Å². The molecule has 114 valence electrons. The molecule has 1 N–H and O–H groups in total. The number of para-hydroxylation sites is 1. The highest BCUT2D eigenvalue weighted by Crippen LogP contribution is 2.23. The van der Waals surface area contributed by atoms with Crippen LogP contribution in [-0.4, -0.2) is 41.1 Å². The Labute approximate surface area is 126 Å². The number of hydrogen-bond donors (Lipinski definition) is 1. The number of aromatic amines is 1. The van der Waals surface area contributed by atoms with Gasteiger partial charge in [0.25, 0.3) is 0 Å². The average Bonchev–Trinajstić information content (AvgIpc) is 2.55. The molecule has 2 heterocycles. The molecule has 0 saturated carbocycles. The van der Waals surface area contributed by atoms with Crippen LogP contribution in [0.1, 0.15) is 0 Å². The molecule has 0 atom stereocenters. The molecule has 0 spiro atoms. The van der Waals surface area contributed by atoms with Gasteiger partial charge >= 0.3 is 11.2 Å². The highest BCUT2D eigenvalue weighted by atomic mass is 16.6. The largest absolute Gasteiger partial charge is 0.375 e. The van der Waals surface area contributed by atoms with Gasteiger partial charge in [-0.3, -0.25) is 14.9 Å². The van der Waals surface area contributed by atoms with E-state index in [2.05, 4.69) is 14.9 Å². The molecule has 1 saturated heterocycles. The Kier molecular flexibility index (Phi) is 3.73. The molecule has 1 aliphatic rings. The molecule has 1 aromatic carbocycles. The van der Waals surface area contributed by atoms with E-state index < -0.39 is 16.2 Å². The Morgan fingerprint density at radius 3 is 2.36 bits per heavy atom. The minimum absolute atomic E-state index is 0.140. The van der Waals surface area contributed by atoms with Gasteiger partial charge in [0.1, 0.15) is 0 Å². The first-order valence-corrected chi connectivity index (χ1v) is 6.94. The highest BCUT2D eigenvalue weighted by molar-refractivity contribution is 5.57. The van der Waals surface area contributed by atoms with Crippen molar-refractivity contribution in [2.75, 3.05) is 36.0 Å². The molecule has 2 aromatic rings. The zero-order valence-corrected chi connectivity index (χ0v) is 11.8. The summed E-state index contributed by atoms with van der Waals surface area (Å²) in [5.74, 6) is 0.140. The fraction of sp³-hybridized carbons (Fsp3) is 0.286. The number of H-pyrrole nitrogens is 1. The summed E-state index contributed by atoms with van der Waals surface area (Å²) in [5.41, 5.74) is -0.0910. The fourth-order valence-electron chi connectivity index (χ4n) is 2.59. The topological polar surface area (TPSA) is 95.4 Å². The van der Waals surface area contributed by atoms with E-state index >= 15 is 0 Å². The minimum Gasteiger partial charge on any atom is -0.368 e. The van der Waals surface area contributed by atoms with Gasteiger partial charge in [-0.2, -0.15) is 0 Å². The first-order valence-electron chi connectivity index (χ1n) is 6.94. The van der Waals surface area contributed by atoms with Gasteiger partial charge in [0.2, 0.25) is 5.82 Å². The monoisotopic (exact) mass is 301 g/mol. The lowest BCUT2D eigenvalue weighted by molar-refractivity contribution is -0.385. The van der Waals surface area contributed by atoms with E-state index in [4.69, 9.17) is 0 Å². The lowest BCUT2D eigenvalue weighted by atomic mass is 10.2. The third-order valence-corrected chi connectivity index (χ3v) is 3.69. The van der Waals surface area contributed by atoms with Crippen molar-refractivity contribution < 1.29 is 4.92 Å². The molecule has 0 radical (unpaired) electrons. The summed E-state index contributed by atoms with van der Waals surface area (Å²) >= 11 is 0. The SMILES string of the molecule is O=c1[nH]cnc(N2CCN(c3ccccc3)CC2)c1[N+](=O)[O-]. The van der Waals surface area contributed by atoms with Crippen LogP contribution in [0.4, 0.5) is 17.2 Å². The Balaban J connectivity index is 1.79. The lowest BCUT2D eigenvalue weighted by Gasteiger charge is -2.36. The van der Waals surface area contributed by atoms with Crippen molar-refractivity contribution in [1.82, 2.24) is 9.97 Å². The summed E-state index contributed by atoms with van der Waals surface area (Å²) in [6.07, 6.45) is 1.20. The molecular formula is C14H15N5O3. The molecule has 8 nitrogen and oxygen atoms in total. The summed E-state index contributed by atoms with van der Waals surface area (Å²) in [5, 5.41) is 11.1. The second-order valence-electron chi connectivity index (χ2n) is 4.97. The van der Waals surface area contributed by atoms with E-state index in [0.29, 0.717) is 13.1 Å². The highest BCUT2D eigenvalue weighted by Gasteiger charge is 2.27. The van der Waals surface area contributed by atoms with Crippen molar-refractivity contribution in [2.45, 2.75) is 0 Å². The number of anilines is 2. The summed E-state index contributed by atoms with van der Waals surface area (Å²) in [6, 6.07) is 9.98. The van der Waals surface area contributed by atoms with Crippen molar-refractivity contribution in [1.29, 1.82) is 0 Å². The van der Waals surface area contributed by atoms with Crippen LogP contribution in [0.15, 0.2) is 41.5 Å². The number of hydrogen-bond acceptors (Lipinski definition) is 6. The number of benzene rings is 1. The van der Waals surface area contributed by atoms with Crippen LogP contribution in [0, 0.1) is 10.1 Å². The zero-order chi connectivity index (χ0) is 15.5. The van der Waals surface area contributed by atoms with E-state index in [1.54, 1.807) is 4.90 Å². The Morgan fingerprint density at radius 2 is 1.73 bits per heavy atom. The van der Waals surface area contributed by atoms with Gasteiger partial charge in [-0.25, -0.2) is 4.98 Å². The van der Waals surface area contributed by atoms with E-state index in [1.165, 1.54) is 6.33 Å². The van der Waals surface area contributed by atoms with E-state index in [1.807, 2.05) is 30.3 Å². The molecule has 0 amide bonds. The van der Waals surface area contributed by atoms with Crippen LogP contribution >= 0.6 is 0 Å². The number of nitro groups is 1. The van der Waals surface area contributed by atoms with Crippen LogP contribution in [-0.2, 0) is 0 Å². The number of rotatable bonds is 3. The normalized spacial score (nSPS) is 14.9. The number of piperazine rings is 1. The predicted molar refractivity (Wildman–Crippen MR) is 82.4 cm³/mol. The molecular weight excluding hydrogens is 286 g/mol. The van der Waals surface area contributed by atoms with Gasteiger partial charge in [-0.15, -0.1) is 0 Å². The van der Waals surface area contributed by atoms with Crippen molar-refractivity contribution in [3.63, 3.8) is 0 Å². The number of aromatic nitrogens is 2. The zero-order valence-electron chi connectivity index (χ0n) is 11.8. The van der Waals surface area contributed by atoms with Gasteiger partial charge in [-0.1, -0.05) is 18.2 Å². The maximum Gasteiger partial charge on any atom is 0.375 e. The average molecular weight is 301 g/mol. The van der Waals surface area contributed by atoms with Gasteiger partial charge < -0.3 is 14.8 Å². The summed E-state index contributed by atoms with van der Waals surface area (Å²) in [6.45, 7) is 2.59. The van der Waals surface area contributed by atoms with E-state index in [0.717, 1.165) is 18.8 Å². The third kappa shape index (κ3) is 2.62. The molecule has 0 aliphatic carbocycles. The van der Waals surface area contributed by atoms with Crippen LogP contribution in [0.25, 0.3) is 0 Å². The number of nitrogens with one attached hydrogen (secondary N) is 1. The molecule has 1 aromatic heterocycles. The smallest absolute Gasteiger partial charge is 0.368 e. The van der Waals surface area contributed by atoms with Crippen LogP contribution in [0.2, 0.25) is 0 Å². The van der Waals surface area contributed by atoms with Gasteiger partial charge in [0.05, 0.1) is 11.3 Å². The first kappa shape index (κ1) is 14.1. The minimum atomic E-state index is -0.722. The molecule has 1 aliphatic heterocycles. The quantitative estimate of drug-likeness (QED) is 0.671. The number of nitrogens with zero attached hydrogens (tertiary/aromatic N) is 4. The van der Waals surface area contributed by atoms with Gasteiger partial charge in [0, 0.05) is 31.9 Å². The predicted octanol–water partition coefficient (Wildman–Crippen LogP) is 1.00. The molecule has 1 fully saturated rings. The Bertz CT molecular complexity index is 723. The fourth-order valence-corrected chi connectivity index (χ4v) is 2.59. The summed E-state index contributed by atoms with van der Waals surface area (Å²) in [7, 11) is 0. The van der Waals surface area contributed by atoms with Crippen molar-refractivity contribution >= 4 is 17.2 Å². The molecule has 8 heteroatoms. The van der Waals surface area contributed by atoms with E-state index in [9.17, 15) is 14.9 Å². The standard InChI is InChI=1S/C14H15N5O3/c20-14-12(19(21)22)13(15-10-16-14)18-8-6-17(7-9-18)11-4-2-1-3-5-11/h1-5,10H,6-9H2,(H,15,16,20). The third-order valence-electron chi connectivity index (χ3n) is 3.69. The second-order valence-corrected chi connectivity index (χ2v) is 4.97. The second kappa shape index (κ2) is 5.84. The Morgan fingerprint density at radius 1 is 1.09 bits per heavy atom. The maximum absolute atomic E-state index is 11.6. The lowest BCUT2D eigenvalue weighted by Crippen LogP contribution is -2.47. The van der Waals surface area contributed by atoms with Gasteiger partial charge in [0.15, 0.2) is 0 Å². The summed E-state index contributed by atoms with van der Waals surface area (Å²) < 4.78 is 0. The van der Waals surface area contributed by atoms with Crippen molar-refractivity contribution in [2.24, 2.45) is 0 Å². The van der Waals surface area contributed by atoms with Crippen molar-refractivity contribution in [3.8, 4) is 0 Å².